The minimum atomic E-state index is -1.04. The predicted octanol–water partition coefficient (Wildman–Crippen LogP) is 4.20. The third-order valence-corrected chi connectivity index (χ3v) is 9.61. The van der Waals surface area contributed by atoms with Crippen LogP contribution in [0.5, 0.6) is 0 Å². The molecule has 0 saturated heterocycles. The van der Waals surface area contributed by atoms with E-state index in [0.717, 1.165) is 25.7 Å². The zero-order chi connectivity index (χ0) is 23.6. The van der Waals surface area contributed by atoms with Crippen LogP contribution in [0.25, 0.3) is 0 Å². The van der Waals surface area contributed by atoms with E-state index < -0.39 is 23.6 Å². The highest BCUT2D eigenvalue weighted by atomic mass is 16.6. The highest BCUT2D eigenvalue weighted by molar-refractivity contribution is 5.96. The summed E-state index contributed by atoms with van der Waals surface area (Å²) in [5.74, 6) is 0.248. The molecule has 0 aliphatic heterocycles. The Kier molecular flexibility index (Phi) is 5.45. The van der Waals surface area contributed by atoms with Crippen LogP contribution in [-0.4, -0.2) is 35.2 Å². The van der Waals surface area contributed by atoms with Crippen LogP contribution in [0, 0.1) is 34.5 Å². The molecule has 0 radical (unpaired) electrons. The summed E-state index contributed by atoms with van der Waals surface area (Å²) in [6.07, 6.45) is 5.65. The first-order valence-corrected chi connectivity index (χ1v) is 12.0. The molecular formula is C26H36O6. The van der Waals surface area contributed by atoms with Crippen LogP contribution in [0.4, 0.5) is 0 Å². The number of ether oxygens (including phenoxy) is 2. The van der Waals surface area contributed by atoms with Crippen molar-refractivity contribution in [3.8, 4) is 0 Å². The van der Waals surface area contributed by atoms with Gasteiger partial charge in [0.2, 0.25) is 0 Å². The SMILES string of the molecule is CC(=O)O[C@H]1C[C@@]2(C)C(=CC1=O)[C@@H](C)C[C@@H]1[C@@H]2CC[C@@]2(C)[C@H]1CC[C@]2(OC(C)=O)C(C)=O. The molecule has 0 aromatic heterocycles. The fourth-order valence-electron chi connectivity index (χ4n) is 8.39. The molecule has 4 aliphatic carbocycles. The Morgan fingerprint density at radius 3 is 2.25 bits per heavy atom. The molecule has 4 rings (SSSR count). The van der Waals surface area contributed by atoms with Gasteiger partial charge in [0.25, 0.3) is 0 Å². The molecule has 0 aromatic rings. The summed E-state index contributed by atoms with van der Waals surface area (Å²) in [6, 6.07) is 0. The summed E-state index contributed by atoms with van der Waals surface area (Å²) in [4.78, 5) is 49.2. The van der Waals surface area contributed by atoms with Crippen molar-refractivity contribution < 1.29 is 28.7 Å². The number of carbonyl (C=O) groups excluding carboxylic acids is 4. The molecule has 176 valence electrons. The zero-order valence-electron chi connectivity index (χ0n) is 20.2. The molecule has 0 bridgehead atoms. The highest BCUT2D eigenvalue weighted by Crippen LogP contribution is 2.69. The maximum atomic E-state index is 12.9. The standard InChI is InChI=1S/C26H36O6/c1-14-11-18-19(24(5)13-23(31-16(3)28)22(30)12-21(14)24)7-9-25(6)20(18)8-10-26(25,15(2)27)32-17(4)29/h12,14,18-20,23H,7-11,13H2,1-6H3/t14-,18+,19-,20-,23-,24+,25-,26-/m0/s1. The summed E-state index contributed by atoms with van der Waals surface area (Å²) >= 11 is 0. The van der Waals surface area contributed by atoms with Gasteiger partial charge in [0.15, 0.2) is 23.3 Å². The van der Waals surface area contributed by atoms with Crippen molar-refractivity contribution in [2.24, 2.45) is 34.5 Å². The molecule has 0 unspecified atom stereocenters. The van der Waals surface area contributed by atoms with Gasteiger partial charge in [-0.2, -0.15) is 0 Å². The molecular weight excluding hydrogens is 408 g/mol. The van der Waals surface area contributed by atoms with E-state index in [1.165, 1.54) is 19.4 Å². The summed E-state index contributed by atoms with van der Waals surface area (Å²) in [6.45, 7) is 10.9. The molecule has 0 N–H and O–H groups in total. The van der Waals surface area contributed by atoms with Crippen LogP contribution < -0.4 is 0 Å². The molecule has 6 heteroatoms. The largest absolute Gasteiger partial charge is 0.454 e. The third-order valence-electron chi connectivity index (χ3n) is 9.61. The van der Waals surface area contributed by atoms with Crippen LogP contribution in [0.15, 0.2) is 11.6 Å². The quantitative estimate of drug-likeness (QED) is 0.607. The molecule has 0 spiro atoms. The lowest BCUT2D eigenvalue weighted by Gasteiger charge is -2.60. The number of rotatable bonds is 3. The maximum Gasteiger partial charge on any atom is 0.303 e. The van der Waals surface area contributed by atoms with Gasteiger partial charge in [-0.15, -0.1) is 0 Å². The van der Waals surface area contributed by atoms with Gasteiger partial charge in [-0.05, 0) is 74.2 Å². The Morgan fingerprint density at radius 2 is 1.66 bits per heavy atom. The fourth-order valence-corrected chi connectivity index (χ4v) is 8.39. The first-order valence-electron chi connectivity index (χ1n) is 12.0. The van der Waals surface area contributed by atoms with Gasteiger partial charge in [0.05, 0.1) is 0 Å². The Hall–Kier alpha value is -1.98. The molecule has 4 aliphatic rings. The summed E-state index contributed by atoms with van der Waals surface area (Å²) in [7, 11) is 0. The van der Waals surface area contributed by atoms with Gasteiger partial charge in [0, 0.05) is 25.7 Å². The number of ketones is 2. The van der Waals surface area contributed by atoms with Crippen LogP contribution in [-0.2, 0) is 28.7 Å². The van der Waals surface area contributed by atoms with Crippen molar-refractivity contribution in [3.05, 3.63) is 11.6 Å². The maximum absolute atomic E-state index is 12.9. The monoisotopic (exact) mass is 444 g/mol. The van der Waals surface area contributed by atoms with Gasteiger partial charge in [-0.25, -0.2) is 0 Å². The van der Waals surface area contributed by atoms with E-state index in [2.05, 4.69) is 20.8 Å². The minimum absolute atomic E-state index is 0.0509. The average Bonchev–Trinajstić information content (AvgIpc) is 2.97. The summed E-state index contributed by atoms with van der Waals surface area (Å²) < 4.78 is 11.3. The van der Waals surface area contributed by atoms with E-state index in [-0.39, 0.29) is 34.2 Å². The Bertz CT molecular complexity index is 904. The number of carbonyl (C=O) groups is 4. The lowest BCUT2D eigenvalue weighted by atomic mass is 9.44. The Morgan fingerprint density at radius 1 is 1.00 bits per heavy atom. The number of Topliss-reactive ketones (excluding diaryl/α,β-unsaturated/α-hetero) is 1. The lowest BCUT2D eigenvalue weighted by Crippen LogP contribution is -2.59. The molecule has 3 fully saturated rings. The number of esters is 2. The van der Waals surface area contributed by atoms with E-state index in [1.807, 2.05) is 0 Å². The number of fused-ring (bicyclic) bond motifs is 5. The lowest BCUT2D eigenvalue weighted by molar-refractivity contribution is -0.188. The van der Waals surface area contributed by atoms with Crippen molar-refractivity contribution in [2.75, 3.05) is 0 Å². The molecule has 0 amide bonds. The van der Waals surface area contributed by atoms with Gasteiger partial charge < -0.3 is 9.47 Å². The van der Waals surface area contributed by atoms with Crippen LogP contribution in [0.1, 0.15) is 80.1 Å². The Labute approximate surface area is 190 Å². The van der Waals surface area contributed by atoms with E-state index >= 15 is 0 Å². The zero-order valence-corrected chi connectivity index (χ0v) is 20.2. The van der Waals surface area contributed by atoms with Gasteiger partial charge in [-0.1, -0.05) is 26.3 Å². The normalized spacial score (nSPS) is 45.1. The molecule has 8 atom stereocenters. The third kappa shape index (κ3) is 3.12. The second kappa shape index (κ2) is 7.53. The topological polar surface area (TPSA) is 86.7 Å². The number of hydrogen-bond donors (Lipinski definition) is 0. The fraction of sp³-hybridized carbons (Fsp3) is 0.769. The molecule has 0 heterocycles. The predicted molar refractivity (Wildman–Crippen MR) is 117 cm³/mol. The summed E-state index contributed by atoms with van der Waals surface area (Å²) in [5.41, 5.74) is -0.465. The van der Waals surface area contributed by atoms with Crippen LogP contribution in [0.3, 0.4) is 0 Å². The molecule has 32 heavy (non-hydrogen) atoms. The minimum Gasteiger partial charge on any atom is -0.454 e. The van der Waals surface area contributed by atoms with Gasteiger partial charge in [-0.3, -0.25) is 19.2 Å². The molecule has 6 nitrogen and oxygen atoms in total. The number of allylic oxidation sites excluding steroid dienone is 1. The number of hydrogen-bond acceptors (Lipinski definition) is 6. The summed E-state index contributed by atoms with van der Waals surface area (Å²) in [5, 5.41) is 0. The van der Waals surface area contributed by atoms with Crippen LogP contribution >= 0.6 is 0 Å². The average molecular weight is 445 g/mol. The van der Waals surface area contributed by atoms with Gasteiger partial charge >= 0.3 is 11.9 Å². The van der Waals surface area contributed by atoms with E-state index in [1.54, 1.807) is 13.0 Å². The van der Waals surface area contributed by atoms with E-state index in [9.17, 15) is 19.2 Å². The smallest absolute Gasteiger partial charge is 0.303 e. The van der Waals surface area contributed by atoms with Crippen molar-refractivity contribution in [3.63, 3.8) is 0 Å². The van der Waals surface area contributed by atoms with Crippen molar-refractivity contribution in [2.45, 2.75) is 91.8 Å². The van der Waals surface area contributed by atoms with Crippen molar-refractivity contribution in [1.29, 1.82) is 0 Å². The second-order valence-electron chi connectivity index (χ2n) is 11.2. The van der Waals surface area contributed by atoms with Gasteiger partial charge in [0.1, 0.15) is 0 Å². The molecule has 3 saturated carbocycles. The first kappa shape index (κ1) is 23.2. The van der Waals surface area contributed by atoms with E-state index in [0.29, 0.717) is 24.7 Å². The highest BCUT2D eigenvalue weighted by Gasteiger charge is 2.68. The van der Waals surface area contributed by atoms with E-state index in [4.69, 9.17) is 9.47 Å². The first-order chi connectivity index (χ1) is 14.9. The van der Waals surface area contributed by atoms with Crippen molar-refractivity contribution in [1.82, 2.24) is 0 Å². The molecule has 0 aromatic carbocycles. The second-order valence-corrected chi connectivity index (χ2v) is 11.2. The van der Waals surface area contributed by atoms with Crippen molar-refractivity contribution >= 4 is 23.5 Å². The van der Waals surface area contributed by atoms with Crippen LogP contribution in [0.2, 0.25) is 0 Å². The Balaban J connectivity index is 1.72.